The molecule has 0 atom stereocenters. The zero-order valence-electron chi connectivity index (χ0n) is 17.6. The van der Waals surface area contributed by atoms with E-state index in [2.05, 4.69) is 63.9 Å². The minimum atomic E-state index is 0.200. The third-order valence-corrected chi connectivity index (χ3v) is 5.88. The molecule has 2 N–H and O–H groups in total. The summed E-state index contributed by atoms with van der Waals surface area (Å²) in [6.45, 7) is 4.43. The molecule has 0 spiro atoms. The Morgan fingerprint density at radius 3 is 2.60 bits per heavy atom. The van der Waals surface area contributed by atoms with Gasteiger partial charge in [-0.15, -0.1) is 0 Å². The minimum Gasteiger partial charge on any atom is -0.357 e. The van der Waals surface area contributed by atoms with Gasteiger partial charge < -0.3 is 10.6 Å². The second-order valence-electron chi connectivity index (χ2n) is 7.90. The Kier molecular flexibility index (Phi) is 6.42. The molecule has 1 aliphatic rings. The quantitative estimate of drug-likeness (QED) is 0.466. The molecule has 1 aliphatic carbocycles. The summed E-state index contributed by atoms with van der Waals surface area (Å²) in [4.78, 5) is 13.4. The van der Waals surface area contributed by atoms with Crippen LogP contribution in [0.4, 0.5) is 0 Å². The molecule has 0 radical (unpaired) electrons. The van der Waals surface area contributed by atoms with Gasteiger partial charge >= 0.3 is 0 Å². The maximum atomic E-state index is 4.80. The van der Waals surface area contributed by atoms with Crippen molar-refractivity contribution in [2.75, 3.05) is 13.1 Å². The molecular weight excluding hydrogens is 372 g/mol. The molecular formula is C24H30N6. The molecule has 6 nitrogen and oxygen atoms in total. The summed E-state index contributed by atoms with van der Waals surface area (Å²) in [6, 6.07) is 15.0. The Bertz CT molecular complexity index is 926. The minimum absolute atomic E-state index is 0.200. The summed E-state index contributed by atoms with van der Waals surface area (Å²) < 4.78 is 1.89. The van der Waals surface area contributed by atoms with Crippen LogP contribution in [0, 0.1) is 0 Å². The van der Waals surface area contributed by atoms with Gasteiger partial charge in [-0.2, -0.15) is 0 Å². The van der Waals surface area contributed by atoms with Gasteiger partial charge in [0, 0.05) is 37.1 Å². The van der Waals surface area contributed by atoms with Gasteiger partial charge in [0.15, 0.2) is 5.96 Å². The molecule has 1 fully saturated rings. The van der Waals surface area contributed by atoms with Crippen molar-refractivity contribution in [1.29, 1.82) is 0 Å². The fourth-order valence-electron chi connectivity index (χ4n) is 4.23. The number of guanidine groups is 1. The van der Waals surface area contributed by atoms with E-state index in [0.717, 1.165) is 30.4 Å². The molecule has 0 bridgehead atoms. The van der Waals surface area contributed by atoms with Crippen LogP contribution in [0.5, 0.6) is 0 Å². The van der Waals surface area contributed by atoms with Gasteiger partial charge in [-0.3, -0.25) is 4.57 Å². The van der Waals surface area contributed by atoms with Crippen LogP contribution in [0.2, 0.25) is 0 Å². The van der Waals surface area contributed by atoms with E-state index < -0.39 is 0 Å². The Labute approximate surface area is 178 Å². The van der Waals surface area contributed by atoms with Gasteiger partial charge in [-0.25, -0.2) is 15.0 Å². The van der Waals surface area contributed by atoms with E-state index in [9.17, 15) is 0 Å². The molecule has 2 aromatic heterocycles. The average Bonchev–Trinajstić information content (AvgIpc) is 3.50. The van der Waals surface area contributed by atoms with Crippen LogP contribution in [0.1, 0.15) is 43.7 Å². The third kappa shape index (κ3) is 4.70. The largest absolute Gasteiger partial charge is 0.357 e. The van der Waals surface area contributed by atoms with Crippen LogP contribution in [0.25, 0.3) is 5.82 Å². The van der Waals surface area contributed by atoms with Crippen molar-refractivity contribution in [2.45, 2.75) is 44.6 Å². The normalized spacial score (nSPS) is 15.8. The molecule has 156 valence electrons. The number of hydrogen-bond acceptors (Lipinski definition) is 3. The first-order valence-corrected chi connectivity index (χ1v) is 10.8. The lowest BCUT2D eigenvalue weighted by atomic mass is 9.79. The fourth-order valence-corrected chi connectivity index (χ4v) is 4.23. The number of nitrogens with zero attached hydrogens (tertiary/aromatic N) is 4. The molecule has 6 heteroatoms. The number of aliphatic imine (C=N–C) groups is 1. The van der Waals surface area contributed by atoms with Crippen LogP contribution in [0.15, 0.2) is 72.4 Å². The topological polar surface area (TPSA) is 67.1 Å². The SMILES string of the molecule is CCNC(=NCc1ccc(-n2ccnc2)nc1)NCC1(c2ccccc2)CCCC1. The zero-order valence-corrected chi connectivity index (χ0v) is 17.6. The Morgan fingerprint density at radius 1 is 1.10 bits per heavy atom. The van der Waals surface area contributed by atoms with E-state index in [0.29, 0.717) is 6.54 Å². The van der Waals surface area contributed by atoms with E-state index in [4.69, 9.17) is 4.99 Å². The lowest BCUT2D eigenvalue weighted by Gasteiger charge is -2.30. The van der Waals surface area contributed by atoms with Gasteiger partial charge in [-0.05, 0) is 37.0 Å². The number of hydrogen-bond donors (Lipinski definition) is 2. The van der Waals surface area contributed by atoms with E-state index in [1.54, 1.807) is 12.5 Å². The highest BCUT2D eigenvalue weighted by Crippen LogP contribution is 2.40. The Hall–Kier alpha value is -3.15. The summed E-state index contributed by atoms with van der Waals surface area (Å²) in [6.07, 6.45) is 12.3. The standard InChI is InChI=1S/C24H30N6/c1-2-26-23(28-17-20-10-11-22(27-16-20)30-15-14-25-19-30)29-18-24(12-6-7-13-24)21-8-4-3-5-9-21/h3-5,8-11,14-16,19H,2,6-7,12-13,17-18H2,1H3,(H2,26,28,29). The molecule has 0 aliphatic heterocycles. The van der Waals surface area contributed by atoms with Crippen molar-refractivity contribution >= 4 is 5.96 Å². The van der Waals surface area contributed by atoms with Crippen LogP contribution >= 0.6 is 0 Å². The van der Waals surface area contributed by atoms with Gasteiger partial charge in [0.05, 0.1) is 6.54 Å². The number of aromatic nitrogens is 3. The molecule has 1 saturated carbocycles. The highest BCUT2D eigenvalue weighted by molar-refractivity contribution is 5.79. The summed E-state index contributed by atoms with van der Waals surface area (Å²) in [7, 11) is 0. The molecule has 0 unspecified atom stereocenters. The van der Waals surface area contributed by atoms with E-state index in [1.807, 2.05) is 23.0 Å². The predicted molar refractivity (Wildman–Crippen MR) is 121 cm³/mol. The van der Waals surface area contributed by atoms with Gasteiger partial charge in [0.25, 0.3) is 0 Å². The summed E-state index contributed by atoms with van der Waals surface area (Å²) in [5.74, 6) is 1.72. The lowest BCUT2D eigenvalue weighted by Crippen LogP contribution is -2.44. The zero-order chi connectivity index (χ0) is 20.7. The first-order chi connectivity index (χ1) is 14.8. The van der Waals surface area contributed by atoms with E-state index in [-0.39, 0.29) is 5.41 Å². The maximum absolute atomic E-state index is 4.80. The first-order valence-electron chi connectivity index (χ1n) is 10.8. The number of nitrogens with one attached hydrogen (secondary N) is 2. The smallest absolute Gasteiger partial charge is 0.191 e. The van der Waals surface area contributed by atoms with Crippen LogP contribution in [0.3, 0.4) is 0 Å². The molecule has 1 aromatic carbocycles. The van der Waals surface area contributed by atoms with Crippen LogP contribution in [-0.2, 0) is 12.0 Å². The third-order valence-electron chi connectivity index (χ3n) is 5.88. The second-order valence-corrected chi connectivity index (χ2v) is 7.90. The summed E-state index contributed by atoms with van der Waals surface area (Å²) >= 11 is 0. The van der Waals surface area contributed by atoms with Crippen molar-refractivity contribution in [3.05, 3.63) is 78.5 Å². The van der Waals surface area contributed by atoms with Gasteiger partial charge in [-0.1, -0.05) is 49.2 Å². The molecule has 0 saturated heterocycles. The van der Waals surface area contributed by atoms with Gasteiger partial charge in [0.1, 0.15) is 12.1 Å². The summed E-state index contributed by atoms with van der Waals surface area (Å²) in [5.41, 5.74) is 2.71. The Balaban J connectivity index is 1.42. The average molecular weight is 403 g/mol. The number of rotatable bonds is 7. The van der Waals surface area contributed by atoms with E-state index in [1.165, 1.54) is 31.2 Å². The van der Waals surface area contributed by atoms with E-state index >= 15 is 0 Å². The van der Waals surface area contributed by atoms with Crippen molar-refractivity contribution in [1.82, 2.24) is 25.2 Å². The Morgan fingerprint density at radius 2 is 1.93 bits per heavy atom. The number of imidazole rings is 1. The molecule has 4 rings (SSSR count). The van der Waals surface area contributed by atoms with Crippen LogP contribution < -0.4 is 10.6 Å². The highest BCUT2D eigenvalue weighted by Gasteiger charge is 2.35. The molecule has 0 amide bonds. The molecule has 3 aromatic rings. The number of pyridine rings is 1. The van der Waals surface area contributed by atoms with Crippen molar-refractivity contribution in [3.63, 3.8) is 0 Å². The van der Waals surface area contributed by atoms with Crippen molar-refractivity contribution < 1.29 is 0 Å². The lowest BCUT2D eigenvalue weighted by molar-refractivity contribution is 0.431. The first kappa shape index (κ1) is 20.1. The maximum Gasteiger partial charge on any atom is 0.191 e. The number of benzene rings is 1. The highest BCUT2D eigenvalue weighted by atomic mass is 15.2. The van der Waals surface area contributed by atoms with Crippen molar-refractivity contribution in [2.24, 2.45) is 4.99 Å². The molecule has 30 heavy (non-hydrogen) atoms. The second kappa shape index (κ2) is 9.57. The monoisotopic (exact) mass is 402 g/mol. The predicted octanol–water partition coefficient (Wildman–Crippen LogP) is 3.83. The van der Waals surface area contributed by atoms with Crippen LogP contribution in [-0.4, -0.2) is 33.6 Å². The van der Waals surface area contributed by atoms with Crippen molar-refractivity contribution in [3.8, 4) is 5.82 Å². The fraction of sp³-hybridized carbons (Fsp3) is 0.375. The molecule has 2 heterocycles. The summed E-state index contributed by atoms with van der Waals surface area (Å²) in [5, 5.41) is 7.00. The van der Waals surface area contributed by atoms with Gasteiger partial charge in [0.2, 0.25) is 0 Å².